The topological polar surface area (TPSA) is 143 Å². The monoisotopic (exact) mass is 574 g/mol. The smallest absolute Gasteiger partial charge is 0.161 e. The number of hydrogen-bond donors (Lipinski definition) is 5. The van der Waals surface area contributed by atoms with Crippen LogP contribution in [0.25, 0.3) is 0 Å². The number of rotatable bonds is 13. The first-order valence-electron chi connectivity index (χ1n) is 15.1. The van der Waals surface area contributed by atoms with Crippen LogP contribution in [0.1, 0.15) is 74.1 Å². The van der Waals surface area contributed by atoms with E-state index in [9.17, 15) is 20.4 Å². The molecule has 0 fully saturated rings. The third kappa shape index (κ3) is 9.52. The van der Waals surface area contributed by atoms with Crippen molar-refractivity contribution in [1.29, 1.82) is 0 Å². The average Bonchev–Trinajstić information content (AvgIpc) is 3.50. The first-order chi connectivity index (χ1) is 20.4. The molecule has 4 rings (SSSR count). The standard InChI is InChI=1S/C34H44N3O5/c35-34-23-26(14-18-37-34)27(22-28-7-4-17-36-28)16-20-42-33-21-25(11-13-32(33)41)10-12-31(40)29-8-3-6-24(15-19-38)5-1-2-9-30(29)39/h4,7,11,13-14,17-18,21,23-24,27,29-31,38-41H,1-2,5,8-10,12,15-16,19-20,22H2,(H2,35,37)/q-1. The molecule has 0 radical (unpaired) electrons. The van der Waals surface area contributed by atoms with Crippen LogP contribution in [-0.2, 0) is 12.8 Å². The van der Waals surface area contributed by atoms with Gasteiger partial charge in [0.25, 0.3) is 0 Å². The maximum Gasteiger partial charge on any atom is 0.161 e. The Morgan fingerprint density at radius 2 is 1.98 bits per heavy atom. The number of aliphatic hydroxyl groups excluding tert-OH is 3. The van der Waals surface area contributed by atoms with Crippen LogP contribution in [0, 0.1) is 23.7 Å². The highest BCUT2D eigenvalue weighted by Gasteiger charge is 2.26. The van der Waals surface area contributed by atoms with Crippen LogP contribution in [0.15, 0.2) is 54.9 Å². The summed E-state index contributed by atoms with van der Waals surface area (Å²) in [5, 5.41) is 41.6. The number of anilines is 1. The Hall–Kier alpha value is -3.51. The lowest BCUT2D eigenvalue weighted by Crippen LogP contribution is -2.32. The number of phenolic OH excluding ortho intramolecular Hbond substituents is 1. The number of ether oxygens (including phenoxy) is 1. The molecule has 1 aliphatic rings. The molecule has 6 N–H and O–H groups in total. The van der Waals surface area contributed by atoms with Gasteiger partial charge < -0.3 is 35.9 Å². The summed E-state index contributed by atoms with van der Waals surface area (Å²) in [6.45, 7) is 0.510. The maximum absolute atomic E-state index is 11.0. The summed E-state index contributed by atoms with van der Waals surface area (Å²) in [4.78, 5) is 8.53. The molecule has 0 spiro atoms. The number of pyridine rings is 1. The van der Waals surface area contributed by atoms with E-state index in [4.69, 9.17) is 10.5 Å². The second-order valence-corrected chi connectivity index (χ2v) is 11.3. The Morgan fingerprint density at radius 3 is 2.76 bits per heavy atom. The number of benzene rings is 1. The Kier molecular flexibility index (Phi) is 12.1. The molecule has 0 saturated heterocycles. The molecule has 3 aromatic rings. The van der Waals surface area contributed by atoms with Gasteiger partial charge in [-0.3, -0.25) is 0 Å². The zero-order valence-corrected chi connectivity index (χ0v) is 24.2. The van der Waals surface area contributed by atoms with E-state index in [1.54, 1.807) is 18.5 Å². The van der Waals surface area contributed by atoms with Crippen LogP contribution in [0.2, 0.25) is 0 Å². The summed E-state index contributed by atoms with van der Waals surface area (Å²) in [7, 11) is 0. The minimum absolute atomic E-state index is 0.0668. The molecule has 0 bridgehead atoms. The zero-order valence-electron chi connectivity index (χ0n) is 24.2. The van der Waals surface area contributed by atoms with Gasteiger partial charge in [0.1, 0.15) is 5.82 Å². The molecule has 1 aliphatic carbocycles. The highest BCUT2D eigenvalue weighted by molar-refractivity contribution is 5.42. The van der Waals surface area contributed by atoms with Crippen LogP contribution in [-0.4, -0.2) is 50.8 Å². The summed E-state index contributed by atoms with van der Waals surface area (Å²) >= 11 is 0. The summed E-state index contributed by atoms with van der Waals surface area (Å²) in [6.07, 6.45) is 9.16. The fourth-order valence-corrected chi connectivity index (χ4v) is 5.74. The van der Waals surface area contributed by atoms with Crippen LogP contribution < -0.4 is 15.5 Å². The molecule has 2 aromatic heterocycles. The molecule has 8 heteroatoms. The lowest BCUT2D eigenvalue weighted by Gasteiger charge is -2.27. The van der Waals surface area contributed by atoms with E-state index in [1.165, 1.54) is 0 Å². The number of aryl methyl sites for hydroxylation is 1. The molecule has 8 nitrogen and oxygen atoms in total. The van der Waals surface area contributed by atoms with E-state index < -0.39 is 12.2 Å². The van der Waals surface area contributed by atoms with Crippen LogP contribution in [0.4, 0.5) is 5.82 Å². The first-order valence-corrected chi connectivity index (χ1v) is 15.1. The Balaban J connectivity index is 1.35. The van der Waals surface area contributed by atoms with Crippen molar-refractivity contribution in [2.75, 3.05) is 18.9 Å². The Labute approximate surface area is 249 Å². The fourth-order valence-electron chi connectivity index (χ4n) is 5.74. The van der Waals surface area contributed by atoms with Crippen LogP contribution in [0.3, 0.4) is 0 Å². The Morgan fingerprint density at radius 1 is 1.12 bits per heavy atom. The molecule has 42 heavy (non-hydrogen) atoms. The Bertz CT molecular complexity index is 1290. The quantitative estimate of drug-likeness (QED) is 0.190. The van der Waals surface area contributed by atoms with Gasteiger partial charge in [-0.15, -0.1) is 5.92 Å². The number of phenols is 1. The van der Waals surface area contributed by atoms with Crippen molar-refractivity contribution in [1.82, 2.24) is 9.97 Å². The summed E-state index contributed by atoms with van der Waals surface area (Å²) in [5.74, 6) is 7.33. The average molecular weight is 575 g/mol. The maximum atomic E-state index is 11.0. The van der Waals surface area contributed by atoms with E-state index in [1.807, 2.05) is 36.4 Å². The van der Waals surface area contributed by atoms with Crippen molar-refractivity contribution in [3.8, 4) is 23.3 Å². The van der Waals surface area contributed by atoms with Gasteiger partial charge in [-0.2, -0.15) is 11.9 Å². The molecule has 5 unspecified atom stereocenters. The fraction of sp³-hybridized carbons (Fsp3) is 0.500. The summed E-state index contributed by atoms with van der Waals surface area (Å²) in [6, 6.07) is 13.0. The number of nitrogens with zero attached hydrogens (tertiary/aromatic N) is 2. The first kappa shape index (κ1) is 31.4. The van der Waals surface area contributed by atoms with E-state index >= 15 is 0 Å². The normalized spacial score (nSPS) is 20.7. The van der Waals surface area contributed by atoms with Crippen LogP contribution >= 0.6 is 0 Å². The predicted molar refractivity (Wildman–Crippen MR) is 163 cm³/mol. The zero-order chi connectivity index (χ0) is 29.7. The summed E-state index contributed by atoms with van der Waals surface area (Å²) < 4.78 is 6.05. The number of nitrogens with two attached hydrogens (primary N) is 1. The third-order valence-electron chi connectivity index (χ3n) is 8.24. The van der Waals surface area contributed by atoms with Gasteiger partial charge in [0.05, 0.1) is 18.8 Å². The van der Waals surface area contributed by atoms with Gasteiger partial charge in [0.2, 0.25) is 0 Å². The number of nitrogen functional groups attached to an aromatic ring is 1. The largest absolute Gasteiger partial charge is 0.668 e. The molecular weight excluding hydrogens is 530 g/mol. The van der Waals surface area contributed by atoms with Crippen molar-refractivity contribution in [3.05, 3.63) is 71.7 Å². The van der Waals surface area contributed by atoms with Gasteiger partial charge in [-0.05, 0) is 86.3 Å². The second-order valence-electron chi connectivity index (χ2n) is 11.3. The summed E-state index contributed by atoms with van der Waals surface area (Å²) in [5.41, 5.74) is 8.94. The van der Waals surface area contributed by atoms with Crippen molar-refractivity contribution in [3.63, 3.8) is 0 Å². The van der Waals surface area contributed by atoms with E-state index in [0.29, 0.717) is 56.7 Å². The van der Waals surface area contributed by atoms with E-state index in [2.05, 4.69) is 21.8 Å². The number of aliphatic hydroxyl groups is 3. The molecule has 0 saturated carbocycles. The minimum Gasteiger partial charge on any atom is -0.668 e. The van der Waals surface area contributed by atoms with Gasteiger partial charge in [-0.25, -0.2) is 4.98 Å². The molecule has 0 aliphatic heterocycles. The van der Waals surface area contributed by atoms with Gasteiger partial charge in [-0.1, -0.05) is 37.0 Å². The van der Waals surface area contributed by atoms with Crippen LogP contribution in [0.5, 0.6) is 11.5 Å². The van der Waals surface area contributed by atoms with Crippen molar-refractivity contribution >= 4 is 5.82 Å². The predicted octanol–water partition coefficient (Wildman–Crippen LogP) is 4.36. The van der Waals surface area contributed by atoms with E-state index in [0.717, 1.165) is 42.5 Å². The molecule has 5 atom stereocenters. The molecular formula is C34H44N3O5-. The highest BCUT2D eigenvalue weighted by Crippen LogP contribution is 2.31. The van der Waals surface area contributed by atoms with Gasteiger partial charge in [0, 0.05) is 31.1 Å². The lowest BCUT2D eigenvalue weighted by molar-refractivity contribution is 0.00555. The number of aromatic hydroxyl groups is 1. The van der Waals surface area contributed by atoms with Crippen molar-refractivity contribution < 1.29 is 25.2 Å². The lowest BCUT2D eigenvalue weighted by atomic mass is 9.85. The molecule has 2 heterocycles. The third-order valence-corrected chi connectivity index (χ3v) is 8.24. The second kappa shape index (κ2) is 16.2. The van der Waals surface area contributed by atoms with Gasteiger partial charge in [0.15, 0.2) is 11.5 Å². The number of hydrogen-bond acceptors (Lipinski definition) is 7. The number of aromatic nitrogens is 2. The van der Waals surface area contributed by atoms with Gasteiger partial charge >= 0.3 is 0 Å². The van der Waals surface area contributed by atoms with Crippen molar-refractivity contribution in [2.45, 2.75) is 82.3 Å². The highest BCUT2D eigenvalue weighted by atomic mass is 16.5. The molecule has 0 amide bonds. The minimum atomic E-state index is -0.707. The SMILES string of the molecule is Nc1cc(C(CCOc2cc(CCC(O)C3CC#CC(CCO)CCCCC3O)ccc2O)Cc2ccc[n-]2)ccn1. The molecule has 1 aromatic carbocycles. The molecule has 226 valence electrons. The van der Waals surface area contributed by atoms with Crippen molar-refractivity contribution in [2.24, 2.45) is 11.8 Å². The van der Waals surface area contributed by atoms with E-state index in [-0.39, 0.29) is 30.1 Å².